The van der Waals surface area contributed by atoms with Crippen molar-refractivity contribution in [3.05, 3.63) is 65.6 Å². The van der Waals surface area contributed by atoms with Crippen LogP contribution in [0, 0.1) is 5.82 Å². The molecule has 0 atom stereocenters. The molecule has 2 radical (unpaired) electrons. The Hall–Kier alpha value is -2.16. The third kappa shape index (κ3) is 2.56. The molecule has 0 spiro atoms. The lowest BCUT2D eigenvalue weighted by molar-refractivity contribution is 0.612. The van der Waals surface area contributed by atoms with Gasteiger partial charge in [-0.15, -0.1) is 0 Å². The largest absolute Gasteiger partial charge is 0.253 e. The molecule has 1 heterocycles. The minimum Gasteiger partial charge on any atom is -0.253 e. The Kier molecular flexibility index (Phi) is 3.74. The molecule has 3 rings (SSSR count). The van der Waals surface area contributed by atoms with Crippen molar-refractivity contribution in [1.82, 2.24) is 4.98 Å². The van der Waals surface area contributed by atoms with Gasteiger partial charge in [0.25, 0.3) is 0 Å². The first-order valence-electron chi connectivity index (χ1n) is 7.10. The van der Waals surface area contributed by atoms with Crippen LogP contribution < -0.4 is 0 Å². The molecule has 0 fully saturated rings. The van der Waals surface area contributed by atoms with E-state index in [1.165, 1.54) is 6.07 Å². The Bertz CT molecular complexity index is 798. The number of aryl methyl sites for hydroxylation is 1. The van der Waals surface area contributed by atoms with Crippen molar-refractivity contribution in [1.29, 1.82) is 0 Å². The fourth-order valence-corrected chi connectivity index (χ4v) is 2.57. The summed E-state index contributed by atoms with van der Waals surface area (Å²) in [6.07, 6.45) is 1.05. The number of rotatable bonds is 3. The van der Waals surface area contributed by atoms with Crippen LogP contribution in [-0.4, -0.2) is 12.8 Å². The molecule has 21 heavy (non-hydrogen) atoms. The van der Waals surface area contributed by atoms with Gasteiger partial charge in [-0.1, -0.05) is 31.2 Å². The average molecular weight is 275 g/mol. The summed E-state index contributed by atoms with van der Waals surface area (Å²) in [5.74, 6) is -0.166. The molecule has 1 aromatic heterocycles. The highest BCUT2D eigenvalue weighted by molar-refractivity contribution is 6.08. The number of pyridine rings is 1. The molecule has 0 N–H and O–H groups in total. The highest BCUT2D eigenvalue weighted by Crippen LogP contribution is 2.29. The Morgan fingerprint density at radius 3 is 2.67 bits per heavy atom. The van der Waals surface area contributed by atoms with Gasteiger partial charge in [0.1, 0.15) is 5.82 Å². The summed E-state index contributed by atoms with van der Waals surface area (Å²) in [7, 11) is 5.75. The molecule has 0 aliphatic rings. The normalized spacial score (nSPS) is 11.0. The van der Waals surface area contributed by atoms with Crippen LogP contribution in [0.4, 0.5) is 4.39 Å². The maximum Gasteiger partial charge on any atom is 0.126 e. The molecule has 1 nitrogen and oxygen atoms in total. The maximum absolute atomic E-state index is 13.7. The number of hydrogen-bond donors (Lipinski definition) is 0. The third-order valence-electron chi connectivity index (χ3n) is 3.70. The van der Waals surface area contributed by atoms with E-state index in [-0.39, 0.29) is 5.82 Å². The molecular weight excluding hydrogens is 260 g/mol. The van der Waals surface area contributed by atoms with E-state index in [1.807, 2.05) is 43.3 Å². The Labute approximate surface area is 125 Å². The van der Waals surface area contributed by atoms with Gasteiger partial charge in [-0.3, -0.25) is 4.98 Å². The van der Waals surface area contributed by atoms with E-state index in [9.17, 15) is 4.39 Å². The zero-order chi connectivity index (χ0) is 14.8. The monoisotopic (exact) mass is 275 g/mol. The topological polar surface area (TPSA) is 12.9 Å². The second-order valence-electron chi connectivity index (χ2n) is 5.05. The first kappa shape index (κ1) is 13.8. The summed E-state index contributed by atoms with van der Waals surface area (Å²) >= 11 is 0. The van der Waals surface area contributed by atoms with Crippen molar-refractivity contribution in [2.24, 2.45) is 0 Å². The Morgan fingerprint density at radius 1 is 1.10 bits per heavy atom. The lowest BCUT2D eigenvalue weighted by Crippen LogP contribution is -1.96. The van der Waals surface area contributed by atoms with Crippen LogP contribution in [0.5, 0.6) is 0 Å². The van der Waals surface area contributed by atoms with Gasteiger partial charge in [0.05, 0.1) is 13.5 Å². The Morgan fingerprint density at radius 2 is 1.90 bits per heavy atom. The van der Waals surface area contributed by atoms with E-state index < -0.39 is 0 Å². The lowest BCUT2D eigenvalue weighted by atomic mass is 9.96. The highest BCUT2D eigenvalue weighted by atomic mass is 19.1. The summed E-state index contributed by atoms with van der Waals surface area (Å²) in [5.41, 5.74) is 3.34. The van der Waals surface area contributed by atoms with Gasteiger partial charge in [-0.2, -0.15) is 0 Å². The van der Waals surface area contributed by atoms with E-state index in [2.05, 4.69) is 4.98 Å². The van der Waals surface area contributed by atoms with Crippen molar-refractivity contribution in [3.63, 3.8) is 0 Å². The third-order valence-corrected chi connectivity index (χ3v) is 3.70. The van der Waals surface area contributed by atoms with Crippen molar-refractivity contribution in [2.45, 2.75) is 19.7 Å². The van der Waals surface area contributed by atoms with Gasteiger partial charge in [0.2, 0.25) is 0 Å². The van der Waals surface area contributed by atoms with Crippen molar-refractivity contribution in [2.75, 3.05) is 0 Å². The standard InChI is InChI=1S/C18H15BFN/c1-2-12-9-14(7-8-17(12)20)18-16-6-4-3-5-13(16)10-15(11-19)21-18/h3-10H,2,11H2,1H3. The van der Waals surface area contributed by atoms with Crippen LogP contribution in [0.15, 0.2) is 48.5 Å². The van der Waals surface area contributed by atoms with Gasteiger partial charge < -0.3 is 0 Å². The molecule has 0 aliphatic carbocycles. The smallest absolute Gasteiger partial charge is 0.126 e. The molecule has 2 aromatic carbocycles. The van der Waals surface area contributed by atoms with Crippen LogP contribution >= 0.6 is 0 Å². The van der Waals surface area contributed by atoms with Crippen molar-refractivity contribution < 1.29 is 4.39 Å². The van der Waals surface area contributed by atoms with Crippen LogP contribution in [0.1, 0.15) is 18.2 Å². The van der Waals surface area contributed by atoms with Gasteiger partial charge in [-0.25, -0.2) is 4.39 Å². The molecule has 0 aliphatic heterocycles. The summed E-state index contributed by atoms with van der Waals surface area (Å²) < 4.78 is 13.7. The number of nitrogens with zero attached hydrogens (tertiary/aromatic N) is 1. The fraction of sp³-hybridized carbons (Fsp3) is 0.167. The first-order valence-corrected chi connectivity index (χ1v) is 7.10. The van der Waals surface area contributed by atoms with Crippen molar-refractivity contribution >= 4 is 18.6 Å². The molecule has 3 aromatic rings. The predicted molar refractivity (Wildman–Crippen MR) is 86.0 cm³/mol. The first-order chi connectivity index (χ1) is 10.2. The number of benzene rings is 2. The molecule has 0 saturated heterocycles. The van der Waals surface area contributed by atoms with E-state index in [0.717, 1.165) is 27.7 Å². The molecule has 0 bridgehead atoms. The van der Waals surface area contributed by atoms with Crippen LogP contribution in [0.25, 0.3) is 22.0 Å². The SMILES string of the molecule is [B]Cc1cc2ccccc2c(-c2ccc(F)c(CC)c2)n1. The molecule has 0 saturated carbocycles. The molecule has 102 valence electrons. The summed E-state index contributed by atoms with van der Waals surface area (Å²) in [6.45, 7) is 1.95. The van der Waals surface area contributed by atoms with E-state index >= 15 is 0 Å². The highest BCUT2D eigenvalue weighted by Gasteiger charge is 2.10. The lowest BCUT2D eigenvalue weighted by Gasteiger charge is -2.10. The minimum atomic E-state index is -0.166. The molecule has 3 heteroatoms. The van der Waals surface area contributed by atoms with E-state index in [4.69, 9.17) is 7.85 Å². The van der Waals surface area contributed by atoms with Crippen molar-refractivity contribution in [3.8, 4) is 11.3 Å². The zero-order valence-electron chi connectivity index (χ0n) is 11.9. The number of aromatic nitrogens is 1. The second-order valence-corrected chi connectivity index (χ2v) is 5.05. The molecule has 0 amide bonds. The van der Waals surface area contributed by atoms with Gasteiger partial charge in [0, 0.05) is 16.6 Å². The van der Waals surface area contributed by atoms with Gasteiger partial charge in [0.15, 0.2) is 0 Å². The minimum absolute atomic E-state index is 0.166. The number of halogens is 1. The summed E-state index contributed by atoms with van der Waals surface area (Å²) in [5, 5.41) is 2.16. The van der Waals surface area contributed by atoms with E-state index in [1.54, 1.807) is 6.07 Å². The van der Waals surface area contributed by atoms with Gasteiger partial charge >= 0.3 is 0 Å². The van der Waals surface area contributed by atoms with Crippen LogP contribution in [0.3, 0.4) is 0 Å². The number of hydrogen-bond acceptors (Lipinski definition) is 1. The molecular formula is C18H15BFN. The summed E-state index contributed by atoms with van der Waals surface area (Å²) in [6, 6.07) is 15.2. The zero-order valence-corrected chi connectivity index (χ0v) is 11.9. The predicted octanol–water partition coefficient (Wildman–Crippen LogP) is 4.27. The van der Waals surface area contributed by atoms with E-state index in [0.29, 0.717) is 18.3 Å². The second kappa shape index (κ2) is 5.68. The number of fused-ring (bicyclic) bond motifs is 1. The van der Waals surface area contributed by atoms with Gasteiger partial charge in [-0.05, 0) is 48.0 Å². The fourth-order valence-electron chi connectivity index (χ4n) is 2.57. The van der Waals surface area contributed by atoms with Crippen LogP contribution in [-0.2, 0) is 12.7 Å². The van der Waals surface area contributed by atoms with Crippen LogP contribution in [0.2, 0.25) is 0 Å². The Balaban J connectivity index is 2.28. The maximum atomic E-state index is 13.7. The average Bonchev–Trinajstić information content (AvgIpc) is 2.54. The summed E-state index contributed by atoms with van der Waals surface area (Å²) in [4.78, 5) is 4.65. The molecule has 0 unspecified atom stereocenters. The quantitative estimate of drug-likeness (QED) is 0.650.